The minimum atomic E-state index is -0.236. The highest BCUT2D eigenvalue weighted by Gasteiger charge is 2.43. The maximum absolute atomic E-state index is 13.5. The lowest BCUT2D eigenvalue weighted by Crippen LogP contribution is -2.47. The SMILES string of the molecule is COc1ccc(CCN2C(=O)C(c3cccs3)=C(N3CC(C)OC(C)C3)C2=O)cc1OC. The number of carbonyl (C=O) groups is 2. The molecule has 1 aromatic heterocycles. The maximum atomic E-state index is 13.5. The highest BCUT2D eigenvalue weighted by atomic mass is 32.1. The number of carbonyl (C=O) groups excluding carboxylic acids is 2. The minimum Gasteiger partial charge on any atom is -0.493 e. The van der Waals surface area contributed by atoms with Crippen molar-refractivity contribution in [2.75, 3.05) is 33.9 Å². The van der Waals surface area contributed by atoms with Gasteiger partial charge in [-0.2, -0.15) is 0 Å². The number of nitrogens with zero attached hydrogens (tertiary/aromatic N) is 2. The van der Waals surface area contributed by atoms with Gasteiger partial charge in [0, 0.05) is 24.5 Å². The monoisotopic (exact) mass is 456 g/mol. The summed E-state index contributed by atoms with van der Waals surface area (Å²) in [6, 6.07) is 9.44. The molecule has 1 fully saturated rings. The molecule has 0 bridgehead atoms. The Balaban J connectivity index is 1.60. The first-order valence-electron chi connectivity index (χ1n) is 10.7. The zero-order valence-electron chi connectivity index (χ0n) is 18.8. The molecule has 2 aromatic rings. The zero-order chi connectivity index (χ0) is 22.8. The highest BCUT2D eigenvalue weighted by molar-refractivity contribution is 7.11. The summed E-state index contributed by atoms with van der Waals surface area (Å²) in [4.78, 5) is 31.1. The molecule has 2 atom stereocenters. The van der Waals surface area contributed by atoms with Crippen molar-refractivity contribution in [1.82, 2.24) is 9.80 Å². The molecule has 2 amide bonds. The Morgan fingerprint density at radius 3 is 2.38 bits per heavy atom. The van der Waals surface area contributed by atoms with Crippen LogP contribution in [0.3, 0.4) is 0 Å². The molecule has 3 heterocycles. The van der Waals surface area contributed by atoms with E-state index in [0.717, 1.165) is 10.4 Å². The van der Waals surface area contributed by atoms with Gasteiger partial charge < -0.3 is 19.1 Å². The van der Waals surface area contributed by atoms with Crippen LogP contribution < -0.4 is 9.47 Å². The van der Waals surface area contributed by atoms with Crippen LogP contribution in [-0.4, -0.2) is 67.7 Å². The summed E-state index contributed by atoms with van der Waals surface area (Å²) in [5.74, 6) is 0.794. The number of hydrogen-bond donors (Lipinski definition) is 0. The van der Waals surface area contributed by atoms with E-state index in [1.54, 1.807) is 14.2 Å². The molecule has 1 saturated heterocycles. The third-order valence-corrected chi connectivity index (χ3v) is 6.61. The molecule has 0 aliphatic carbocycles. The number of benzene rings is 1. The second-order valence-corrected chi connectivity index (χ2v) is 9.01. The van der Waals surface area contributed by atoms with Gasteiger partial charge in [0.05, 0.1) is 32.0 Å². The number of methoxy groups -OCH3 is 2. The van der Waals surface area contributed by atoms with Crippen LogP contribution >= 0.6 is 11.3 Å². The first kappa shape index (κ1) is 22.4. The van der Waals surface area contributed by atoms with Crippen molar-refractivity contribution in [2.24, 2.45) is 0 Å². The highest BCUT2D eigenvalue weighted by Crippen LogP contribution is 2.35. The van der Waals surface area contributed by atoms with E-state index in [2.05, 4.69) is 0 Å². The first-order valence-corrected chi connectivity index (χ1v) is 11.6. The van der Waals surface area contributed by atoms with E-state index in [-0.39, 0.29) is 24.0 Å². The van der Waals surface area contributed by atoms with E-state index in [1.807, 2.05) is 54.5 Å². The number of rotatable bonds is 7. The standard InChI is InChI=1S/C24H28N2O5S/c1-15-13-25(14-16(2)31-15)22-21(20-6-5-11-32-20)23(27)26(24(22)28)10-9-17-7-8-18(29-3)19(12-17)30-4/h5-8,11-12,15-16H,9-10,13-14H2,1-4H3. The van der Waals surface area contributed by atoms with Gasteiger partial charge in [0.15, 0.2) is 11.5 Å². The third-order valence-electron chi connectivity index (χ3n) is 5.72. The summed E-state index contributed by atoms with van der Waals surface area (Å²) in [6.07, 6.45) is 0.498. The molecule has 0 N–H and O–H groups in total. The molecule has 0 spiro atoms. The fourth-order valence-electron chi connectivity index (χ4n) is 4.34. The van der Waals surface area contributed by atoms with Crippen molar-refractivity contribution < 1.29 is 23.8 Å². The molecule has 7 nitrogen and oxygen atoms in total. The second-order valence-electron chi connectivity index (χ2n) is 8.06. The molecular weight excluding hydrogens is 428 g/mol. The van der Waals surface area contributed by atoms with Crippen molar-refractivity contribution >= 4 is 28.7 Å². The number of amides is 2. The summed E-state index contributed by atoms with van der Waals surface area (Å²) in [5.41, 5.74) is 1.95. The smallest absolute Gasteiger partial charge is 0.277 e. The first-order chi connectivity index (χ1) is 15.4. The van der Waals surface area contributed by atoms with Crippen molar-refractivity contribution in [2.45, 2.75) is 32.5 Å². The maximum Gasteiger partial charge on any atom is 0.277 e. The van der Waals surface area contributed by atoms with Crippen LogP contribution in [0.4, 0.5) is 0 Å². The van der Waals surface area contributed by atoms with Gasteiger partial charge in [0.2, 0.25) is 0 Å². The number of thiophene rings is 1. The molecular formula is C24H28N2O5S. The Kier molecular flexibility index (Phi) is 6.53. The number of hydrogen-bond acceptors (Lipinski definition) is 7. The summed E-state index contributed by atoms with van der Waals surface area (Å²) in [7, 11) is 3.18. The Bertz CT molecular complexity index is 1020. The summed E-state index contributed by atoms with van der Waals surface area (Å²) < 4.78 is 16.5. The van der Waals surface area contributed by atoms with Crippen LogP contribution in [0.5, 0.6) is 11.5 Å². The van der Waals surface area contributed by atoms with Crippen molar-refractivity contribution in [3.63, 3.8) is 0 Å². The molecule has 32 heavy (non-hydrogen) atoms. The van der Waals surface area contributed by atoms with Crippen LogP contribution in [0.1, 0.15) is 24.3 Å². The normalized spacial score (nSPS) is 21.5. The average molecular weight is 457 g/mol. The lowest BCUT2D eigenvalue weighted by Gasteiger charge is -2.37. The molecule has 0 radical (unpaired) electrons. The number of imide groups is 1. The Labute approximate surface area is 192 Å². The van der Waals surface area contributed by atoms with Crippen molar-refractivity contribution in [3.8, 4) is 11.5 Å². The average Bonchev–Trinajstić information content (AvgIpc) is 3.38. The van der Waals surface area contributed by atoms with E-state index in [9.17, 15) is 9.59 Å². The van der Waals surface area contributed by atoms with Gasteiger partial charge in [-0.1, -0.05) is 12.1 Å². The topological polar surface area (TPSA) is 68.3 Å². The Morgan fingerprint density at radius 1 is 1.03 bits per heavy atom. The minimum absolute atomic E-state index is 0.0143. The second kappa shape index (κ2) is 9.34. The molecule has 2 aliphatic rings. The predicted molar refractivity (Wildman–Crippen MR) is 123 cm³/mol. The molecule has 8 heteroatoms. The molecule has 2 unspecified atom stereocenters. The lowest BCUT2D eigenvalue weighted by molar-refractivity contribution is -0.138. The Morgan fingerprint density at radius 2 is 1.75 bits per heavy atom. The predicted octanol–water partition coefficient (Wildman–Crippen LogP) is 3.20. The van der Waals surface area contributed by atoms with E-state index < -0.39 is 0 Å². The molecule has 0 saturated carbocycles. The van der Waals surface area contributed by atoms with E-state index in [1.165, 1.54) is 16.2 Å². The molecule has 2 aliphatic heterocycles. The van der Waals surface area contributed by atoms with Gasteiger partial charge in [-0.3, -0.25) is 14.5 Å². The number of morpholine rings is 1. The van der Waals surface area contributed by atoms with Crippen LogP contribution in [0.25, 0.3) is 5.57 Å². The van der Waals surface area contributed by atoms with Gasteiger partial charge in [0.25, 0.3) is 11.8 Å². The fraction of sp³-hybridized carbons (Fsp3) is 0.417. The summed E-state index contributed by atoms with van der Waals surface area (Å²) >= 11 is 1.47. The summed E-state index contributed by atoms with van der Waals surface area (Å²) in [6.45, 7) is 5.43. The van der Waals surface area contributed by atoms with E-state index in [4.69, 9.17) is 14.2 Å². The summed E-state index contributed by atoms with van der Waals surface area (Å²) in [5, 5.41) is 1.93. The Hall–Kier alpha value is -2.84. The van der Waals surface area contributed by atoms with Crippen molar-refractivity contribution in [3.05, 3.63) is 51.8 Å². The van der Waals surface area contributed by atoms with Crippen LogP contribution in [0.2, 0.25) is 0 Å². The van der Waals surface area contributed by atoms with Crippen molar-refractivity contribution in [1.29, 1.82) is 0 Å². The van der Waals surface area contributed by atoms with Gasteiger partial charge in [0.1, 0.15) is 5.70 Å². The molecule has 170 valence electrons. The van der Waals surface area contributed by atoms with Gasteiger partial charge in [-0.15, -0.1) is 11.3 Å². The van der Waals surface area contributed by atoms with E-state index >= 15 is 0 Å². The van der Waals surface area contributed by atoms with Crippen LogP contribution in [0.15, 0.2) is 41.4 Å². The molecule has 4 rings (SSSR count). The largest absolute Gasteiger partial charge is 0.493 e. The van der Waals surface area contributed by atoms with E-state index in [0.29, 0.717) is 48.8 Å². The van der Waals surface area contributed by atoms with Gasteiger partial charge in [-0.25, -0.2) is 0 Å². The third kappa shape index (κ3) is 4.25. The van der Waals surface area contributed by atoms with Gasteiger partial charge >= 0.3 is 0 Å². The quantitative estimate of drug-likeness (QED) is 0.596. The van der Waals surface area contributed by atoms with Crippen LogP contribution in [-0.2, 0) is 20.7 Å². The fourth-order valence-corrected chi connectivity index (χ4v) is 5.10. The number of ether oxygens (including phenoxy) is 3. The molecule has 1 aromatic carbocycles. The van der Waals surface area contributed by atoms with Crippen LogP contribution in [0, 0.1) is 0 Å². The zero-order valence-corrected chi connectivity index (χ0v) is 19.6. The lowest BCUT2D eigenvalue weighted by atomic mass is 10.1. The van der Waals surface area contributed by atoms with Gasteiger partial charge in [-0.05, 0) is 49.4 Å².